The van der Waals surface area contributed by atoms with Gasteiger partial charge >= 0.3 is 0 Å². The smallest absolute Gasteiger partial charge is 0.285 e. The van der Waals surface area contributed by atoms with Crippen LogP contribution in [0.5, 0.6) is 0 Å². The van der Waals surface area contributed by atoms with E-state index in [1.165, 1.54) is 16.0 Å². The fraction of sp³-hybridized carbons (Fsp3) is 0.250. The number of para-hydroxylation sites is 2. The Morgan fingerprint density at radius 3 is 2.60 bits per heavy atom. The first-order chi connectivity index (χ1) is 14.6. The zero-order valence-electron chi connectivity index (χ0n) is 17.2. The number of carbonyl (C=O) groups excluding carboxylic acids is 2. The number of carbonyl (C=O) groups is 2. The van der Waals surface area contributed by atoms with Gasteiger partial charge < -0.3 is 10.6 Å². The van der Waals surface area contributed by atoms with Crippen LogP contribution in [0.1, 0.15) is 35.9 Å². The van der Waals surface area contributed by atoms with Crippen LogP contribution in [0.4, 0.5) is 11.4 Å². The predicted octanol–water partition coefficient (Wildman–Crippen LogP) is 3.34. The molecule has 154 valence electrons. The van der Waals surface area contributed by atoms with Crippen molar-refractivity contribution in [1.29, 1.82) is 0 Å². The Morgan fingerprint density at radius 2 is 1.90 bits per heavy atom. The van der Waals surface area contributed by atoms with Crippen molar-refractivity contribution in [2.24, 2.45) is 0 Å². The van der Waals surface area contributed by atoms with Crippen molar-refractivity contribution in [3.8, 4) is 0 Å². The summed E-state index contributed by atoms with van der Waals surface area (Å²) in [6.45, 7) is 4.10. The predicted molar refractivity (Wildman–Crippen MR) is 121 cm³/mol. The van der Waals surface area contributed by atoms with Gasteiger partial charge in [-0.2, -0.15) is 0 Å². The van der Waals surface area contributed by atoms with Gasteiger partial charge in [0, 0.05) is 5.56 Å². The molecule has 4 rings (SSSR count). The molecule has 6 heteroatoms. The molecule has 0 radical (unpaired) electrons. The Morgan fingerprint density at radius 1 is 1.13 bits per heavy atom. The minimum atomic E-state index is -0.345. The van der Waals surface area contributed by atoms with Gasteiger partial charge in [0.05, 0.1) is 16.3 Å². The normalized spacial score (nSPS) is 15.3. The van der Waals surface area contributed by atoms with Crippen LogP contribution in [0.3, 0.4) is 0 Å². The molecule has 0 saturated carbocycles. The van der Waals surface area contributed by atoms with Crippen LogP contribution < -0.4 is 15.5 Å². The van der Waals surface area contributed by atoms with Crippen LogP contribution in [0.2, 0.25) is 0 Å². The number of amides is 2. The zero-order chi connectivity index (χ0) is 21.1. The molecule has 3 aromatic rings. The second-order valence-electron chi connectivity index (χ2n) is 7.56. The summed E-state index contributed by atoms with van der Waals surface area (Å²) in [6, 6.07) is 19.9. The van der Waals surface area contributed by atoms with Crippen LogP contribution in [-0.4, -0.2) is 24.4 Å². The summed E-state index contributed by atoms with van der Waals surface area (Å²) in [6.07, 6.45) is 0.999. The van der Waals surface area contributed by atoms with Gasteiger partial charge in [-0.3, -0.25) is 14.5 Å². The number of quaternary nitrogens is 1. The lowest BCUT2D eigenvalue weighted by molar-refractivity contribution is -0.704. The van der Waals surface area contributed by atoms with Crippen LogP contribution >= 0.6 is 11.3 Å². The average molecular weight is 421 g/mol. The zero-order valence-corrected chi connectivity index (χ0v) is 18.0. The fourth-order valence-electron chi connectivity index (χ4n) is 3.85. The van der Waals surface area contributed by atoms with E-state index in [4.69, 9.17) is 0 Å². The Labute approximate surface area is 180 Å². The minimum Gasteiger partial charge on any atom is -0.326 e. The van der Waals surface area contributed by atoms with Crippen molar-refractivity contribution in [1.82, 2.24) is 0 Å². The highest BCUT2D eigenvalue weighted by atomic mass is 32.1. The highest BCUT2D eigenvalue weighted by Gasteiger charge is 2.33. The summed E-state index contributed by atoms with van der Waals surface area (Å²) < 4.78 is 0. The third kappa shape index (κ3) is 4.15. The molecule has 1 aliphatic rings. The van der Waals surface area contributed by atoms with E-state index < -0.39 is 0 Å². The Kier molecular flexibility index (Phi) is 5.97. The SMILES string of the molecule is CCc1ccc([C@@H]([NH2+][C@@H](C)C(=O)N2CC(=O)Nc3ccccc32)c2cccs2)cc1. The molecule has 0 unspecified atom stereocenters. The Bertz CT molecular complexity index is 1030. The molecule has 30 heavy (non-hydrogen) atoms. The summed E-state index contributed by atoms with van der Waals surface area (Å²) in [5.74, 6) is -0.233. The first-order valence-electron chi connectivity index (χ1n) is 10.2. The maximum Gasteiger partial charge on any atom is 0.285 e. The topological polar surface area (TPSA) is 66.0 Å². The highest BCUT2D eigenvalue weighted by Crippen LogP contribution is 2.29. The number of nitrogens with one attached hydrogen (secondary N) is 1. The minimum absolute atomic E-state index is 0.0312. The van der Waals surface area contributed by atoms with Crippen LogP contribution in [-0.2, 0) is 16.0 Å². The molecule has 2 amide bonds. The largest absolute Gasteiger partial charge is 0.326 e. The van der Waals surface area contributed by atoms with Gasteiger partial charge in [0.15, 0.2) is 6.04 Å². The van der Waals surface area contributed by atoms with E-state index in [-0.39, 0.29) is 30.4 Å². The van der Waals surface area contributed by atoms with Gasteiger partial charge in [0.2, 0.25) is 5.91 Å². The van der Waals surface area contributed by atoms with Crippen molar-refractivity contribution < 1.29 is 14.9 Å². The lowest BCUT2D eigenvalue weighted by Crippen LogP contribution is -2.93. The van der Waals surface area contributed by atoms with Gasteiger partial charge in [0.1, 0.15) is 12.6 Å². The van der Waals surface area contributed by atoms with E-state index in [9.17, 15) is 9.59 Å². The van der Waals surface area contributed by atoms with E-state index in [1.54, 1.807) is 16.2 Å². The number of aryl methyl sites for hydroxylation is 1. The molecule has 0 bridgehead atoms. The van der Waals surface area contributed by atoms with Gasteiger partial charge in [-0.25, -0.2) is 0 Å². The number of benzene rings is 2. The number of nitrogens with zero attached hydrogens (tertiary/aromatic N) is 1. The summed E-state index contributed by atoms with van der Waals surface area (Å²) in [5, 5.41) is 7.01. The Hall–Kier alpha value is -2.96. The molecule has 2 heterocycles. The summed E-state index contributed by atoms with van der Waals surface area (Å²) in [5.41, 5.74) is 3.90. The molecule has 0 aliphatic carbocycles. The molecule has 2 aromatic carbocycles. The molecule has 0 saturated heterocycles. The van der Waals surface area contributed by atoms with E-state index in [0.717, 1.165) is 12.1 Å². The van der Waals surface area contributed by atoms with Crippen LogP contribution in [0.25, 0.3) is 0 Å². The maximum atomic E-state index is 13.4. The number of anilines is 2. The highest BCUT2D eigenvalue weighted by molar-refractivity contribution is 7.10. The average Bonchev–Trinajstić information content (AvgIpc) is 3.31. The second kappa shape index (κ2) is 8.81. The second-order valence-corrected chi connectivity index (χ2v) is 8.54. The monoisotopic (exact) mass is 420 g/mol. The summed E-state index contributed by atoms with van der Waals surface area (Å²) in [7, 11) is 0. The van der Waals surface area contributed by atoms with Crippen LogP contribution in [0.15, 0.2) is 66.0 Å². The standard InChI is InChI=1S/C24H25N3O2S/c1-3-17-10-12-18(13-11-17)23(21-9-6-14-30-21)25-16(2)24(29)27-15-22(28)26-19-7-4-5-8-20(19)27/h4-14,16,23,25H,3,15H2,1-2H3,(H,26,28)/p+1/t16-,23+/m0/s1. The first-order valence-corrected chi connectivity index (χ1v) is 11.1. The van der Waals surface area contributed by atoms with Gasteiger partial charge in [0.25, 0.3) is 5.91 Å². The molecule has 0 spiro atoms. The lowest BCUT2D eigenvalue weighted by atomic mass is 10.0. The number of hydrogen-bond acceptors (Lipinski definition) is 3. The molecule has 0 fully saturated rings. The number of fused-ring (bicyclic) bond motifs is 1. The van der Waals surface area contributed by atoms with Crippen LogP contribution in [0, 0.1) is 0 Å². The van der Waals surface area contributed by atoms with Crippen molar-refractivity contribution in [2.45, 2.75) is 32.4 Å². The molecule has 5 nitrogen and oxygen atoms in total. The van der Waals surface area contributed by atoms with Crippen molar-refractivity contribution in [2.75, 3.05) is 16.8 Å². The number of thiophene rings is 1. The van der Waals surface area contributed by atoms with Gasteiger partial charge in [-0.05, 0) is 42.5 Å². The van der Waals surface area contributed by atoms with E-state index in [1.807, 2.05) is 37.3 Å². The van der Waals surface area contributed by atoms with Gasteiger partial charge in [-0.15, -0.1) is 11.3 Å². The van der Waals surface area contributed by atoms with E-state index in [0.29, 0.717) is 5.69 Å². The van der Waals surface area contributed by atoms with Crippen molar-refractivity contribution in [3.05, 3.63) is 82.0 Å². The first kappa shape index (κ1) is 20.3. The van der Waals surface area contributed by atoms with Crippen molar-refractivity contribution in [3.63, 3.8) is 0 Å². The molecule has 1 aliphatic heterocycles. The third-order valence-corrected chi connectivity index (χ3v) is 6.46. The maximum absolute atomic E-state index is 13.4. The molecule has 3 N–H and O–H groups in total. The molecule has 2 atom stereocenters. The quantitative estimate of drug-likeness (QED) is 0.642. The molecular formula is C24H26N3O2S+. The molecule has 1 aromatic heterocycles. The van der Waals surface area contributed by atoms with Crippen molar-refractivity contribution >= 4 is 34.5 Å². The summed E-state index contributed by atoms with van der Waals surface area (Å²) in [4.78, 5) is 28.3. The number of nitrogens with two attached hydrogens (primary N) is 1. The number of rotatable bonds is 6. The fourth-order valence-corrected chi connectivity index (χ4v) is 4.68. The molecular weight excluding hydrogens is 394 g/mol. The third-order valence-electron chi connectivity index (χ3n) is 5.50. The van der Waals surface area contributed by atoms with E-state index >= 15 is 0 Å². The van der Waals surface area contributed by atoms with E-state index in [2.05, 4.69) is 53.3 Å². The summed E-state index contributed by atoms with van der Waals surface area (Å²) >= 11 is 1.69. The number of hydrogen-bond donors (Lipinski definition) is 2. The Balaban J connectivity index is 1.59. The van der Waals surface area contributed by atoms with Gasteiger partial charge in [-0.1, -0.05) is 49.4 Å². The lowest BCUT2D eigenvalue weighted by Gasteiger charge is -2.31.